The molecule has 4 heteroatoms. The van der Waals surface area contributed by atoms with Gasteiger partial charge in [-0.05, 0) is 60.4 Å². The zero-order chi connectivity index (χ0) is 13.7. The molecule has 2 rings (SSSR count). The predicted octanol–water partition coefficient (Wildman–Crippen LogP) is 2.98. The summed E-state index contributed by atoms with van der Waals surface area (Å²) >= 11 is 3.34. The first-order chi connectivity index (χ1) is 9.16. The van der Waals surface area contributed by atoms with E-state index < -0.39 is 0 Å². The molecule has 1 heterocycles. The van der Waals surface area contributed by atoms with Crippen molar-refractivity contribution in [3.05, 3.63) is 28.2 Å². The molecule has 19 heavy (non-hydrogen) atoms. The van der Waals surface area contributed by atoms with Gasteiger partial charge in [-0.1, -0.05) is 19.1 Å². The fraction of sp³-hybridized carbons (Fsp3) is 0.600. The monoisotopic (exact) mass is 326 g/mol. The zero-order valence-electron chi connectivity index (χ0n) is 11.5. The molecule has 1 aromatic rings. The normalized spacial score (nSPS) is 17.8. The van der Waals surface area contributed by atoms with Crippen molar-refractivity contribution < 1.29 is 5.11 Å². The number of nitrogens with zero attached hydrogens (tertiary/aromatic N) is 1. The van der Waals surface area contributed by atoms with Crippen LogP contribution in [-0.2, 0) is 6.54 Å². The molecule has 1 saturated heterocycles. The molecule has 1 fully saturated rings. The minimum absolute atomic E-state index is 0.349. The fourth-order valence-corrected chi connectivity index (χ4v) is 3.03. The number of hydrogen-bond acceptors (Lipinski definition) is 3. The Labute approximate surface area is 124 Å². The van der Waals surface area contributed by atoms with Gasteiger partial charge in [-0.3, -0.25) is 0 Å². The molecule has 0 bridgehead atoms. The number of para-hydroxylation sites is 1. The van der Waals surface area contributed by atoms with E-state index in [0.717, 1.165) is 23.1 Å². The molecule has 1 unspecified atom stereocenters. The Hall–Kier alpha value is -0.580. The highest BCUT2D eigenvalue weighted by Crippen LogP contribution is 2.27. The molecule has 1 atom stereocenters. The molecule has 1 aromatic carbocycles. The van der Waals surface area contributed by atoms with Crippen LogP contribution in [0, 0.1) is 5.92 Å². The summed E-state index contributed by atoms with van der Waals surface area (Å²) in [5, 5.41) is 13.3. The maximum absolute atomic E-state index is 9.90. The Morgan fingerprint density at radius 2 is 2.11 bits per heavy atom. The van der Waals surface area contributed by atoms with E-state index >= 15 is 0 Å². The Balaban J connectivity index is 1.72. The average molecular weight is 327 g/mol. The molecule has 0 spiro atoms. The van der Waals surface area contributed by atoms with Crippen LogP contribution in [0.25, 0.3) is 0 Å². The molecule has 1 aliphatic rings. The van der Waals surface area contributed by atoms with Crippen LogP contribution in [-0.4, -0.2) is 36.2 Å². The lowest BCUT2D eigenvalue weighted by Gasteiger charge is -2.20. The summed E-state index contributed by atoms with van der Waals surface area (Å²) in [5.41, 5.74) is 0.947. The molecule has 3 nitrogen and oxygen atoms in total. The maximum atomic E-state index is 9.90. The molecule has 0 saturated carbocycles. The minimum Gasteiger partial charge on any atom is -0.506 e. The second-order valence-electron chi connectivity index (χ2n) is 5.49. The average Bonchev–Trinajstić information content (AvgIpc) is 2.87. The number of nitrogens with one attached hydrogen (secondary N) is 1. The molecule has 106 valence electrons. The molecular formula is C15H23BrN2O. The van der Waals surface area contributed by atoms with Gasteiger partial charge in [0.05, 0.1) is 4.47 Å². The van der Waals surface area contributed by atoms with Crippen LogP contribution in [0.15, 0.2) is 22.7 Å². The summed E-state index contributed by atoms with van der Waals surface area (Å²) in [6, 6.07) is 5.77. The van der Waals surface area contributed by atoms with Gasteiger partial charge in [-0.15, -0.1) is 0 Å². The van der Waals surface area contributed by atoms with Gasteiger partial charge >= 0.3 is 0 Å². The molecule has 0 aliphatic carbocycles. The van der Waals surface area contributed by atoms with Gasteiger partial charge in [0.1, 0.15) is 5.75 Å². The van der Waals surface area contributed by atoms with Crippen molar-refractivity contribution >= 4 is 15.9 Å². The lowest BCUT2D eigenvalue weighted by molar-refractivity contribution is 0.282. The number of rotatable bonds is 6. The summed E-state index contributed by atoms with van der Waals surface area (Å²) in [6.45, 7) is 7.69. The van der Waals surface area contributed by atoms with Gasteiger partial charge in [0.25, 0.3) is 0 Å². The summed E-state index contributed by atoms with van der Waals surface area (Å²) < 4.78 is 0.761. The van der Waals surface area contributed by atoms with Crippen molar-refractivity contribution in [1.29, 1.82) is 0 Å². The first kappa shape index (κ1) is 14.8. The summed E-state index contributed by atoms with van der Waals surface area (Å²) in [4.78, 5) is 2.54. The van der Waals surface area contributed by atoms with Gasteiger partial charge in [-0.25, -0.2) is 0 Å². The molecule has 1 aliphatic heterocycles. The van der Waals surface area contributed by atoms with Gasteiger partial charge in [-0.2, -0.15) is 0 Å². The highest BCUT2D eigenvalue weighted by Gasteiger charge is 2.14. The highest BCUT2D eigenvalue weighted by molar-refractivity contribution is 9.10. The minimum atomic E-state index is 0.349. The van der Waals surface area contributed by atoms with Crippen LogP contribution in [0.4, 0.5) is 0 Å². The molecule has 0 radical (unpaired) electrons. The zero-order valence-corrected chi connectivity index (χ0v) is 13.1. The number of halogens is 1. The maximum Gasteiger partial charge on any atom is 0.134 e. The van der Waals surface area contributed by atoms with E-state index in [-0.39, 0.29) is 0 Å². The molecule has 0 amide bonds. The van der Waals surface area contributed by atoms with Crippen molar-refractivity contribution in [1.82, 2.24) is 10.2 Å². The second-order valence-corrected chi connectivity index (χ2v) is 6.35. The van der Waals surface area contributed by atoms with Crippen LogP contribution in [0.5, 0.6) is 5.75 Å². The number of hydrogen-bond donors (Lipinski definition) is 2. The standard InChI is InChI=1S/C15H23BrN2O/c1-12(11-18-7-2-3-8-18)9-17-10-13-5-4-6-14(16)15(13)19/h4-6,12,17,19H,2-3,7-11H2,1H3. The topological polar surface area (TPSA) is 35.5 Å². The third kappa shape index (κ3) is 4.48. The fourth-order valence-electron chi connectivity index (χ4n) is 2.63. The molecular weight excluding hydrogens is 304 g/mol. The van der Waals surface area contributed by atoms with Gasteiger partial charge in [0.2, 0.25) is 0 Å². The molecule has 2 N–H and O–H groups in total. The third-order valence-corrected chi connectivity index (χ3v) is 4.29. The van der Waals surface area contributed by atoms with E-state index in [0.29, 0.717) is 11.7 Å². The van der Waals surface area contributed by atoms with Crippen molar-refractivity contribution in [2.75, 3.05) is 26.2 Å². The number of benzene rings is 1. The number of phenolic OH excluding ortho intramolecular Hbond substituents is 1. The third-order valence-electron chi connectivity index (χ3n) is 3.65. The van der Waals surface area contributed by atoms with Crippen molar-refractivity contribution in [3.8, 4) is 5.75 Å². The highest BCUT2D eigenvalue weighted by atomic mass is 79.9. The number of aromatic hydroxyl groups is 1. The van der Waals surface area contributed by atoms with Crippen molar-refractivity contribution in [2.24, 2.45) is 5.92 Å². The van der Waals surface area contributed by atoms with Crippen LogP contribution in [0.3, 0.4) is 0 Å². The van der Waals surface area contributed by atoms with Gasteiger partial charge in [0.15, 0.2) is 0 Å². The van der Waals surface area contributed by atoms with Crippen molar-refractivity contribution in [3.63, 3.8) is 0 Å². The van der Waals surface area contributed by atoms with Crippen LogP contribution >= 0.6 is 15.9 Å². The lowest BCUT2D eigenvalue weighted by atomic mass is 10.1. The van der Waals surface area contributed by atoms with E-state index in [1.165, 1.54) is 32.5 Å². The van der Waals surface area contributed by atoms with Crippen LogP contribution in [0.1, 0.15) is 25.3 Å². The summed E-state index contributed by atoms with van der Waals surface area (Å²) in [5.74, 6) is 0.995. The van der Waals surface area contributed by atoms with Gasteiger partial charge in [0, 0.05) is 18.7 Å². The van der Waals surface area contributed by atoms with E-state index in [9.17, 15) is 5.11 Å². The lowest BCUT2D eigenvalue weighted by Crippen LogP contribution is -2.31. The van der Waals surface area contributed by atoms with Crippen LogP contribution in [0.2, 0.25) is 0 Å². The summed E-state index contributed by atoms with van der Waals surface area (Å²) in [6.07, 6.45) is 2.71. The second kappa shape index (κ2) is 7.27. The number of phenols is 1. The Kier molecular flexibility index (Phi) is 5.67. The first-order valence-corrected chi connectivity index (χ1v) is 7.85. The van der Waals surface area contributed by atoms with Crippen molar-refractivity contribution in [2.45, 2.75) is 26.3 Å². The summed E-state index contributed by atoms with van der Waals surface area (Å²) in [7, 11) is 0. The smallest absolute Gasteiger partial charge is 0.134 e. The quantitative estimate of drug-likeness (QED) is 0.843. The predicted molar refractivity (Wildman–Crippen MR) is 82.4 cm³/mol. The van der Waals surface area contributed by atoms with E-state index in [1.807, 2.05) is 18.2 Å². The van der Waals surface area contributed by atoms with E-state index in [2.05, 4.69) is 33.1 Å². The molecule has 0 aromatic heterocycles. The number of likely N-dealkylation sites (tertiary alicyclic amines) is 1. The van der Waals surface area contributed by atoms with Gasteiger partial charge < -0.3 is 15.3 Å². The largest absolute Gasteiger partial charge is 0.506 e. The van der Waals surface area contributed by atoms with E-state index in [4.69, 9.17) is 0 Å². The van der Waals surface area contributed by atoms with E-state index in [1.54, 1.807) is 0 Å². The Bertz CT molecular complexity index is 405. The SMILES string of the molecule is CC(CNCc1cccc(Br)c1O)CN1CCCC1. The Morgan fingerprint density at radius 3 is 2.84 bits per heavy atom. The van der Waals surface area contributed by atoms with Crippen LogP contribution < -0.4 is 5.32 Å². The first-order valence-electron chi connectivity index (χ1n) is 7.06. The Morgan fingerprint density at radius 1 is 1.37 bits per heavy atom.